The molecule has 1 amide bonds. The predicted molar refractivity (Wildman–Crippen MR) is 97.5 cm³/mol. The van der Waals surface area contributed by atoms with E-state index in [1.54, 1.807) is 18.9 Å². The summed E-state index contributed by atoms with van der Waals surface area (Å²) in [7, 11) is 1.58. The quantitative estimate of drug-likeness (QED) is 0.766. The molecule has 1 aliphatic rings. The van der Waals surface area contributed by atoms with Gasteiger partial charge in [-0.15, -0.1) is 0 Å². The molecule has 0 radical (unpaired) electrons. The number of carbonyl (C=O) groups is 1. The summed E-state index contributed by atoms with van der Waals surface area (Å²) < 4.78 is 12.1. The Labute approximate surface area is 152 Å². The molecule has 0 unspecified atom stereocenters. The summed E-state index contributed by atoms with van der Waals surface area (Å²) in [6, 6.07) is 0. The van der Waals surface area contributed by atoms with Gasteiger partial charge < -0.3 is 14.1 Å². The lowest BCUT2D eigenvalue weighted by Crippen LogP contribution is -2.49. The molecule has 3 rings (SSSR count). The van der Waals surface area contributed by atoms with Crippen molar-refractivity contribution in [3.63, 3.8) is 0 Å². The molecule has 2 aromatic rings. The van der Waals surface area contributed by atoms with Crippen LogP contribution in [0.1, 0.15) is 29.5 Å². The lowest BCUT2D eigenvalue weighted by molar-refractivity contribution is 0.0637. The number of methoxy groups -OCH3 is 1. The van der Waals surface area contributed by atoms with E-state index in [0.717, 1.165) is 26.1 Å². The van der Waals surface area contributed by atoms with Crippen LogP contribution in [0.5, 0.6) is 0 Å². The van der Waals surface area contributed by atoms with Gasteiger partial charge >= 0.3 is 0 Å². The average Bonchev–Trinajstić information content (AvgIpc) is 2.98. The fraction of sp³-hybridized carbons (Fsp3) is 0.611. The standard InChI is InChI=1S/C18H26N4O4/c1-4-5-20-6-8-21(9-7-20)17(23)14-13(2)26-16-15(14)18(24)22(12-19-16)10-11-25-3/h12H,4-11H2,1-3H3. The second-order valence-electron chi connectivity index (χ2n) is 6.58. The Hall–Kier alpha value is -2.19. The normalized spacial score (nSPS) is 15.7. The predicted octanol–water partition coefficient (Wildman–Crippen LogP) is 1.11. The van der Waals surface area contributed by atoms with Gasteiger partial charge in [0.05, 0.1) is 18.7 Å². The van der Waals surface area contributed by atoms with E-state index < -0.39 is 0 Å². The third kappa shape index (κ3) is 3.52. The molecule has 8 heteroatoms. The van der Waals surface area contributed by atoms with Crippen LogP contribution in [0.3, 0.4) is 0 Å². The summed E-state index contributed by atoms with van der Waals surface area (Å²) in [5.41, 5.74) is 0.291. The van der Waals surface area contributed by atoms with Crippen molar-refractivity contribution in [2.24, 2.45) is 0 Å². The molecule has 0 bridgehead atoms. The molecule has 0 aromatic carbocycles. The first-order valence-electron chi connectivity index (χ1n) is 9.06. The number of hydrogen-bond donors (Lipinski definition) is 0. The third-order valence-corrected chi connectivity index (χ3v) is 4.80. The van der Waals surface area contributed by atoms with Crippen molar-refractivity contribution in [3.05, 3.63) is 28.0 Å². The second-order valence-corrected chi connectivity index (χ2v) is 6.58. The highest BCUT2D eigenvalue weighted by molar-refractivity contribution is 6.06. The number of aryl methyl sites for hydroxylation is 1. The lowest BCUT2D eigenvalue weighted by Gasteiger charge is -2.34. The number of carbonyl (C=O) groups excluding carboxylic acids is 1. The summed E-state index contributed by atoms with van der Waals surface area (Å²) in [5, 5.41) is 0.266. The Bertz CT molecular complexity index is 834. The summed E-state index contributed by atoms with van der Waals surface area (Å²) in [6.45, 7) is 8.70. The van der Waals surface area contributed by atoms with Gasteiger partial charge in [-0.1, -0.05) is 6.92 Å². The van der Waals surface area contributed by atoms with E-state index in [0.29, 0.717) is 37.6 Å². The Balaban J connectivity index is 1.90. The summed E-state index contributed by atoms with van der Waals surface area (Å²) in [6.07, 6.45) is 2.54. The number of nitrogens with zero attached hydrogens (tertiary/aromatic N) is 4. The molecule has 0 spiro atoms. The van der Waals surface area contributed by atoms with Crippen molar-refractivity contribution < 1.29 is 13.9 Å². The molecule has 1 saturated heterocycles. The SMILES string of the molecule is CCCN1CCN(C(=O)c2c(C)oc3ncn(CCOC)c(=O)c23)CC1. The largest absolute Gasteiger partial charge is 0.442 e. The molecule has 3 heterocycles. The maximum atomic E-state index is 13.1. The average molecular weight is 362 g/mol. The van der Waals surface area contributed by atoms with Gasteiger partial charge in [0.1, 0.15) is 17.5 Å². The first kappa shape index (κ1) is 18.6. The fourth-order valence-corrected chi connectivity index (χ4v) is 3.39. The Kier molecular flexibility index (Phi) is 5.73. The van der Waals surface area contributed by atoms with Crippen LogP contribution in [-0.2, 0) is 11.3 Å². The molecular weight excluding hydrogens is 336 g/mol. The van der Waals surface area contributed by atoms with Gasteiger partial charge in [0, 0.05) is 33.3 Å². The number of amides is 1. The monoisotopic (exact) mass is 362 g/mol. The molecule has 8 nitrogen and oxygen atoms in total. The Morgan fingerprint density at radius 3 is 2.65 bits per heavy atom. The molecule has 142 valence electrons. The molecule has 2 aromatic heterocycles. The van der Waals surface area contributed by atoms with Gasteiger partial charge in [-0.2, -0.15) is 0 Å². The van der Waals surface area contributed by atoms with Gasteiger partial charge in [-0.05, 0) is 19.9 Å². The molecule has 0 saturated carbocycles. The molecule has 1 aliphatic heterocycles. The summed E-state index contributed by atoms with van der Waals surface area (Å²) in [5.74, 6) is 0.288. The van der Waals surface area contributed by atoms with E-state index in [2.05, 4.69) is 16.8 Å². The highest BCUT2D eigenvalue weighted by atomic mass is 16.5. The Morgan fingerprint density at radius 2 is 2.00 bits per heavy atom. The third-order valence-electron chi connectivity index (χ3n) is 4.80. The highest BCUT2D eigenvalue weighted by Gasteiger charge is 2.28. The van der Waals surface area contributed by atoms with Crippen LogP contribution < -0.4 is 5.56 Å². The maximum Gasteiger partial charge on any atom is 0.265 e. The van der Waals surface area contributed by atoms with Crippen LogP contribution in [0.2, 0.25) is 0 Å². The van der Waals surface area contributed by atoms with Gasteiger partial charge in [0.15, 0.2) is 0 Å². The van der Waals surface area contributed by atoms with E-state index in [1.165, 1.54) is 10.9 Å². The van der Waals surface area contributed by atoms with Crippen molar-refractivity contribution in [2.45, 2.75) is 26.8 Å². The van der Waals surface area contributed by atoms with Crippen LogP contribution >= 0.6 is 0 Å². The topological polar surface area (TPSA) is 80.8 Å². The first-order valence-corrected chi connectivity index (χ1v) is 9.06. The van der Waals surface area contributed by atoms with Gasteiger partial charge in [-0.25, -0.2) is 4.98 Å². The van der Waals surface area contributed by atoms with Crippen molar-refractivity contribution in [1.82, 2.24) is 19.4 Å². The van der Waals surface area contributed by atoms with Crippen LogP contribution in [0.25, 0.3) is 11.1 Å². The van der Waals surface area contributed by atoms with E-state index in [1.807, 2.05) is 0 Å². The second kappa shape index (κ2) is 8.01. The zero-order chi connectivity index (χ0) is 18.7. The van der Waals surface area contributed by atoms with E-state index in [4.69, 9.17) is 9.15 Å². The first-order chi connectivity index (χ1) is 12.6. The number of fused-ring (bicyclic) bond motifs is 1. The van der Waals surface area contributed by atoms with Crippen LogP contribution in [0.4, 0.5) is 0 Å². The van der Waals surface area contributed by atoms with E-state index in [9.17, 15) is 9.59 Å². The minimum atomic E-state index is -0.267. The molecular formula is C18H26N4O4. The van der Waals surface area contributed by atoms with Crippen molar-refractivity contribution in [1.29, 1.82) is 0 Å². The number of hydrogen-bond acceptors (Lipinski definition) is 6. The van der Waals surface area contributed by atoms with Crippen LogP contribution in [-0.4, -0.2) is 71.7 Å². The minimum Gasteiger partial charge on any atom is -0.442 e. The van der Waals surface area contributed by atoms with Crippen molar-refractivity contribution in [2.75, 3.05) is 46.4 Å². The van der Waals surface area contributed by atoms with E-state index in [-0.39, 0.29) is 22.6 Å². The van der Waals surface area contributed by atoms with E-state index >= 15 is 0 Å². The maximum absolute atomic E-state index is 13.1. The van der Waals surface area contributed by atoms with Gasteiger partial charge in [0.2, 0.25) is 5.71 Å². The van der Waals surface area contributed by atoms with Crippen molar-refractivity contribution >= 4 is 17.0 Å². The zero-order valence-corrected chi connectivity index (χ0v) is 15.7. The molecule has 0 aliphatic carbocycles. The number of rotatable bonds is 6. The highest BCUT2D eigenvalue weighted by Crippen LogP contribution is 2.23. The smallest absolute Gasteiger partial charge is 0.265 e. The molecule has 1 fully saturated rings. The number of piperazine rings is 1. The van der Waals surface area contributed by atoms with Crippen LogP contribution in [0.15, 0.2) is 15.5 Å². The van der Waals surface area contributed by atoms with Crippen LogP contribution in [0, 0.1) is 6.92 Å². The minimum absolute atomic E-state index is 0.152. The van der Waals surface area contributed by atoms with Gasteiger partial charge in [0.25, 0.3) is 11.5 Å². The molecule has 0 atom stereocenters. The molecule has 26 heavy (non-hydrogen) atoms. The van der Waals surface area contributed by atoms with Gasteiger partial charge in [-0.3, -0.25) is 19.1 Å². The number of aromatic nitrogens is 2. The molecule has 0 N–H and O–H groups in total. The number of ether oxygens (including phenoxy) is 1. The lowest BCUT2D eigenvalue weighted by atomic mass is 10.1. The Morgan fingerprint density at radius 1 is 1.27 bits per heavy atom. The summed E-state index contributed by atoms with van der Waals surface area (Å²) >= 11 is 0. The number of furan rings is 1. The van der Waals surface area contributed by atoms with Crippen molar-refractivity contribution in [3.8, 4) is 0 Å². The fourth-order valence-electron chi connectivity index (χ4n) is 3.39. The summed E-state index contributed by atoms with van der Waals surface area (Å²) in [4.78, 5) is 34.3. The zero-order valence-electron chi connectivity index (χ0n) is 15.7.